The zero-order valence-corrected chi connectivity index (χ0v) is 12.1. The van der Waals surface area contributed by atoms with Crippen LogP contribution >= 0.6 is 0 Å². The summed E-state index contributed by atoms with van der Waals surface area (Å²) in [7, 11) is 0. The Balaban J connectivity index is 2.51. The van der Waals surface area contributed by atoms with Crippen molar-refractivity contribution >= 4 is 12.0 Å². The zero-order valence-electron chi connectivity index (χ0n) is 12.1. The van der Waals surface area contributed by atoms with Gasteiger partial charge in [-0.1, -0.05) is 27.2 Å². The Labute approximate surface area is 114 Å². The van der Waals surface area contributed by atoms with Crippen molar-refractivity contribution in [2.45, 2.75) is 33.2 Å². The molecule has 1 rings (SSSR count). The number of carboxylic acid groups (broad SMARTS) is 1. The number of carboxylic acids is 1. The predicted molar refractivity (Wildman–Crippen MR) is 73.1 cm³/mol. The Bertz CT molecular complexity index is 314. The largest absolute Gasteiger partial charge is 0.480 e. The van der Waals surface area contributed by atoms with Gasteiger partial charge >= 0.3 is 12.0 Å². The minimum absolute atomic E-state index is 0.0709. The fourth-order valence-corrected chi connectivity index (χ4v) is 2.17. The van der Waals surface area contributed by atoms with Crippen LogP contribution in [-0.2, 0) is 4.79 Å². The van der Waals surface area contributed by atoms with Crippen molar-refractivity contribution in [1.82, 2.24) is 15.1 Å². The van der Waals surface area contributed by atoms with Crippen molar-refractivity contribution in [3.63, 3.8) is 0 Å². The monoisotopic (exact) mass is 271 g/mol. The lowest BCUT2D eigenvalue weighted by Crippen LogP contribution is -2.55. The predicted octanol–water partition coefficient (Wildman–Crippen LogP) is 0.833. The van der Waals surface area contributed by atoms with Gasteiger partial charge in [0.2, 0.25) is 0 Å². The van der Waals surface area contributed by atoms with Crippen LogP contribution in [0, 0.1) is 5.92 Å². The Morgan fingerprint density at radius 2 is 1.79 bits per heavy atom. The lowest BCUT2D eigenvalue weighted by molar-refractivity contribution is -0.140. The van der Waals surface area contributed by atoms with Gasteiger partial charge in [-0.3, -0.25) is 0 Å². The zero-order chi connectivity index (χ0) is 14.4. The molecule has 0 aromatic heterocycles. The number of nitrogens with zero attached hydrogens (tertiary/aromatic N) is 2. The van der Waals surface area contributed by atoms with E-state index in [4.69, 9.17) is 5.11 Å². The molecule has 0 radical (unpaired) electrons. The number of amides is 2. The molecule has 1 heterocycles. The van der Waals surface area contributed by atoms with Crippen LogP contribution in [-0.4, -0.2) is 65.7 Å². The van der Waals surface area contributed by atoms with E-state index in [1.54, 1.807) is 4.90 Å². The summed E-state index contributed by atoms with van der Waals surface area (Å²) in [5.41, 5.74) is 0. The van der Waals surface area contributed by atoms with Gasteiger partial charge in [0, 0.05) is 26.2 Å². The maximum absolute atomic E-state index is 12.1. The summed E-state index contributed by atoms with van der Waals surface area (Å²) < 4.78 is 0. The molecule has 0 aromatic rings. The van der Waals surface area contributed by atoms with E-state index in [-0.39, 0.29) is 11.9 Å². The van der Waals surface area contributed by atoms with E-state index >= 15 is 0 Å². The number of rotatable bonds is 5. The molecule has 110 valence electrons. The molecule has 2 N–H and O–H groups in total. The van der Waals surface area contributed by atoms with Gasteiger partial charge in [-0.2, -0.15) is 0 Å². The van der Waals surface area contributed by atoms with E-state index in [0.29, 0.717) is 13.1 Å². The Morgan fingerprint density at radius 1 is 1.21 bits per heavy atom. The standard InChI is InChI=1S/C13H25N3O3/c1-4-10(3)11(12(17)18)14-13(19)16-8-6-15(5-2)7-9-16/h10-11H,4-9H2,1-3H3,(H,14,19)(H,17,18). The van der Waals surface area contributed by atoms with E-state index in [1.807, 2.05) is 13.8 Å². The van der Waals surface area contributed by atoms with E-state index in [2.05, 4.69) is 17.1 Å². The van der Waals surface area contributed by atoms with Crippen molar-refractivity contribution in [1.29, 1.82) is 0 Å². The van der Waals surface area contributed by atoms with E-state index in [0.717, 1.165) is 26.1 Å². The second-order valence-corrected chi connectivity index (χ2v) is 5.07. The summed E-state index contributed by atoms with van der Waals surface area (Å²) in [5.74, 6) is -1.03. The molecular formula is C13H25N3O3. The first-order valence-electron chi connectivity index (χ1n) is 7.00. The summed E-state index contributed by atoms with van der Waals surface area (Å²) in [5, 5.41) is 11.8. The third-order valence-electron chi connectivity index (χ3n) is 3.86. The number of carbonyl (C=O) groups excluding carboxylic acids is 1. The number of carbonyl (C=O) groups is 2. The minimum atomic E-state index is -0.963. The number of hydrogen-bond acceptors (Lipinski definition) is 3. The Hall–Kier alpha value is -1.30. The fraction of sp³-hybridized carbons (Fsp3) is 0.846. The smallest absolute Gasteiger partial charge is 0.326 e. The molecule has 19 heavy (non-hydrogen) atoms. The van der Waals surface area contributed by atoms with Gasteiger partial charge in [0.1, 0.15) is 6.04 Å². The molecule has 0 aromatic carbocycles. The summed E-state index contributed by atoms with van der Waals surface area (Å²) in [4.78, 5) is 27.2. The highest BCUT2D eigenvalue weighted by Crippen LogP contribution is 2.09. The van der Waals surface area contributed by atoms with Crippen LogP contribution in [0.15, 0.2) is 0 Å². The average molecular weight is 271 g/mol. The molecule has 1 aliphatic heterocycles. The molecule has 2 atom stereocenters. The summed E-state index contributed by atoms with van der Waals surface area (Å²) in [6, 6.07) is -1.06. The molecule has 0 saturated carbocycles. The lowest BCUT2D eigenvalue weighted by atomic mass is 9.99. The van der Waals surface area contributed by atoms with Crippen LogP contribution in [0.2, 0.25) is 0 Å². The molecule has 6 nitrogen and oxygen atoms in total. The highest BCUT2D eigenvalue weighted by molar-refractivity contribution is 5.82. The summed E-state index contributed by atoms with van der Waals surface area (Å²) in [6.07, 6.45) is 0.723. The lowest BCUT2D eigenvalue weighted by Gasteiger charge is -2.35. The van der Waals surface area contributed by atoms with Gasteiger partial charge in [0.15, 0.2) is 0 Å². The molecule has 2 unspecified atom stereocenters. The minimum Gasteiger partial charge on any atom is -0.480 e. The number of nitrogens with one attached hydrogen (secondary N) is 1. The highest BCUT2D eigenvalue weighted by atomic mass is 16.4. The summed E-state index contributed by atoms with van der Waals surface area (Å²) in [6.45, 7) is 9.87. The van der Waals surface area contributed by atoms with Crippen LogP contribution in [0.5, 0.6) is 0 Å². The van der Waals surface area contributed by atoms with Crippen molar-refractivity contribution in [2.75, 3.05) is 32.7 Å². The van der Waals surface area contributed by atoms with Gasteiger partial charge in [-0.05, 0) is 12.5 Å². The number of aliphatic carboxylic acids is 1. The highest BCUT2D eigenvalue weighted by Gasteiger charge is 2.28. The van der Waals surface area contributed by atoms with E-state index in [1.165, 1.54) is 0 Å². The molecule has 1 saturated heterocycles. The molecule has 2 amide bonds. The SMILES string of the molecule is CCC(C)C(NC(=O)N1CCN(CC)CC1)C(=O)O. The van der Waals surface area contributed by atoms with Crippen LogP contribution in [0.1, 0.15) is 27.2 Å². The van der Waals surface area contributed by atoms with Crippen molar-refractivity contribution < 1.29 is 14.7 Å². The molecule has 1 fully saturated rings. The molecule has 0 spiro atoms. The quantitative estimate of drug-likeness (QED) is 0.777. The van der Waals surface area contributed by atoms with Crippen LogP contribution in [0.4, 0.5) is 4.79 Å². The molecule has 6 heteroatoms. The Kier molecular flexibility index (Phi) is 6.08. The Morgan fingerprint density at radius 3 is 2.21 bits per heavy atom. The first kappa shape index (κ1) is 15.8. The normalized spacial score (nSPS) is 19.8. The third kappa shape index (κ3) is 4.38. The molecular weight excluding hydrogens is 246 g/mol. The number of urea groups is 1. The van der Waals surface area contributed by atoms with E-state index in [9.17, 15) is 9.59 Å². The van der Waals surface area contributed by atoms with Crippen LogP contribution < -0.4 is 5.32 Å². The number of piperazine rings is 1. The van der Waals surface area contributed by atoms with Gasteiger partial charge in [-0.25, -0.2) is 9.59 Å². The maximum atomic E-state index is 12.1. The molecule has 0 aliphatic carbocycles. The van der Waals surface area contributed by atoms with Gasteiger partial charge in [0.05, 0.1) is 0 Å². The number of hydrogen-bond donors (Lipinski definition) is 2. The van der Waals surface area contributed by atoms with E-state index < -0.39 is 12.0 Å². The van der Waals surface area contributed by atoms with Crippen molar-refractivity contribution in [3.05, 3.63) is 0 Å². The van der Waals surface area contributed by atoms with Crippen molar-refractivity contribution in [3.8, 4) is 0 Å². The van der Waals surface area contributed by atoms with Crippen LogP contribution in [0.3, 0.4) is 0 Å². The second-order valence-electron chi connectivity index (χ2n) is 5.07. The molecule has 1 aliphatic rings. The van der Waals surface area contributed by atoms with Crippen molar-refractivity contribution in [2.24, 2.45) is 5.92 Å². The first-order valence-corrected chi connectivity index (χ1v) is 7.00. The molecule has 0 bridgehead atoms. The fourth-order valence-electron chi connectivity index (χ4n) is 2.17. The van der Waals surface area contributed by atoms with Crippen LogP contribution in [0.25, 0.3) is 0 Å². The second kappa shape index (κ2) is 7.33. The maximum Gasteiger partial charge on any atom is 0.326 e. The van der Waals surface area contributed by atoms with Gasteiger partial charge in [0.25, 0.3) is 0 Å². The van der Waals surface area contributed by atoms with Gasteiger partial charge in [-0.15, -0.1) is 0 Å². The summed E-state index contributed by atoms with van der Waals surface area (Å²) >= 11 is 0. The van der Waals surface area contributed by atoms with Gasteiger partial charge < -0.3 is 20.2 Å². The topological polar surface area (TPSA) is 72.9 Å². The third-order valence-corrected chi connectivity index (χ3v) is 3.86. The first-order chi connectivity index (χ1) is 8.99. The average Bonchev–Trinajstić information content (AvgIpc) is 2.43. The number of likely N-dealkylation sites (N-methyl/N-ethyl adjacent to an activating group) is 1.